The number of benzene rings is 2. The largest absolute Gasteiger partial charge is 0.478 e. The Morgan fingerprint density at radius 3 is 2.63 bits per heavy atom. The van der Waals surface area contributed by atoms with Crippen LogP contribution in [0.25, 0.3) is 0 Å². The number of halogens is 3. The topological polar surface area (TPSA) is 49.3 Å². The molecule has 0 amide bonds. The van der Waals surface area contributed by atoms with Gasteiger partial charge in [0, 0.05) is 10.7 Å². The minimum atomic E-state index is -0.983. The van der Waals surface area contributed by atoms with Gasteiger partial charge < -0.3 is 10.4 Å². The molecule has 2 aromatic rings. The fraction of sp³-hybridized carbons (Fsp3) is 0.381. The van der Waals surface area contributed by atoms with Crippen LogP contribution < -0.4 is 5.32 Å². The number of aromatic carboxylic acids is 1. The Hall–Kier alpha value is -2.14. The maximum Gasteiger partial charge on any atom is 0.336 e. The molecule has 2 saturated carbocycles. The highest BCUT2D eigenvalue weighted by molar-refractivity contribution is 6.31. The number of anilines is 1. The maximum atomic E-state index is 13.9. The number of hydrogen-bond donors (Lipinski definition) is 2. The first kappa shape index (κ1) is 17.0. The number of carboxylic acids is 1. The Morgan fingerprint density at radius 1 is 1.11 bits per heavy atom. The Balaban J connectivity index is 1.69. The van der Waals surface area contributed by atoms with E-state index >= 15 is 0 Å². The average Bonchev–Trinajstić information content (AvgIpc) is 3.24. The lowest BCUT2D eigenvalue weighted by molar-refractivity contribution is 0.0693. The summed E-state index contributed by atoms with van der Waals surface area (Å²) in [5.41, 5.74) is 2.46. The smallest absolute Gasteiger partial charge is 0.336 e. The van der Waals surface area contributed by atoms with Crippen LogP contribution in [0.5, 0.6) is 0 Å². The molecule has 3 nitrogen and oxygen atoms in total. The van der Waals surface area contributed by atoms with E-state index in [0.717, 1.165) is 30.9 Å². The standard InChI is InChI=1S/C21H18ClF2NO2/c22-12-7-13(21(26)27)19-16(8-12)25-20(11-3-4-14(23)15(24)6-11)18-10-2-1-9(5-10)17(18)19/h3-4,6-10,17-18,20,25H,1-2,5H2,(H,26,27)/t9-,10-,17-,18-,20-/m0/s1. The van der Waals surface area contributed by atoms with E-state index in [0.29, 0.717) is 28.1 Å². The molecule has 2 fully saturated rings. The number of carbonyl (C=O) groups is 1. The van der Waals surface area contributed by atoms with Crippen molar-refractivity contribution in [3.63, 3.8) is 0 Å². The van der Waals surface area contributed by atoms with E-state index in [1.807, 2.05) is 0 Å². The molecule has 2 aliphatic carbocycles. The summed E-state index contributed by atoms with van der Waals surface area (Å²) in [6, 6.07) is 7.11. The fourth-order valence-corrected chi connectivity index (χ4v) is 6.01. The summed E-state index contributed by atoms with van der Waals surface area (Å²) in [4.78, 5) is 11.9. The quantitative estimate of drug-likeness (QED) is 0.701. The van der Waals surface area contributed by atoms with E-state index in [1.54, 1.807) is 12.1 Å². The second-order valence-electron chi connectivity index (χ2n) is 7.95. The zero-order valence-electron chi connectivity index (χ0n) is 14.4. The summed E-state index contributed by atoms with van der Waals surface area (Å²) < 4.78 is 27.3. The SMILES string of the molecule is O=C(O)c1cc(Cl)cc2c1[C@H]1[C@H]3CC[C@@H](C3)[C@@H]1[C@H](c1ccc(F)c(F)c1)N2. The third-order valence-electron chi connectivity index (χ3n) is 6.69. The summed E-state index contributed by atoms with van der Waals surface area (Å²) >= 11 is 6.17. The number of nitrogens with one attached hydrogen (secondary N) is 1. The monoisotopic (exact) mass is 389 g/mol. The van der Waals surface area contributed by atoms with Gasteiger partial charge in [-0.05, 0) is 78.3 Å². The number of fused-ring (bicyclic) bond motifs is 7. The lowest BCUT2D eigenvalue weighted by Crippen LogP contribution is -2.36. The first-order valence-corrected chi connectivity index (χ1v) is 9.60. The normalized spacial score (nSPS) is 30.6. The molecule has 1 aliphatic heterocycles. The van der Waals surface area contributed by atoms with Crippen molar-refractivity contribution < 1.29 is 18.7 Å². The second-order valence-corrected chi connectivity index (χ2v) is 8.39. The van der Waals surface area contributed by atoms with Crippen LogP contribution in [0.3, 0.4) is 0 Å². The van der Waals surface area contributed by atoms with E-state index in [4.69, 9.17) is 11.6 Å². The van der Waals surface area contributed by atoms with Gasteiger partial charge in [-0.1, -0.05) is 17.7 Å². The second kappa shape index (κ2) is 5.93. The minimum Gasteiger partial charge on any atom is -0.478 e. The molecule has 2 N–H and O–H groups in total. The molecule has 0 aromatic heterocycles. The first-order valence-electron chi connectivity index (χ1n) is 9.22. The number of rotatable bonds is 2. The Bertz CT molecular complexity index is 963. The van der Waals surface area contributed by atoms with Gasteiger partial charge in [0.25, 0.3) is 0 Å². The highest BCUT2D eigenvalue weighted by Crippen LogP contribution is 2.64. The molecule has 0 saturated heterocycles. The zero-order chi connectivity index (χ0) is 18.9. The van der Waals surface area contributed by atoms with Gasteiger partial charge in [-0.25, -0.2) is 13.6 Å². The molecule has 0 unspecified atom stereocenters. The molecular weight excluding hydrogens is 372 g/mol. The zero-order valence-corrected chi connectivity index (χ0v) is 15.1. The van der Waals surface area contributed by atoms with E-state index in [9.17, 15) is 18.7 Å². The molecule has 0 radical (unpaired) electrons. The average molecular weight is 390 g/mol. The maximum absolute atomic E-state index is 13.9. The third kappa shape index (κ3) is 2.48. The lowest BCUT2D eigenvalue weighted by Gasteiger charge is -2.44. The Labute approximate surface area is 160 Å². The predicted molar refractivity (Wildman–Crippen MR) is 98.2 cm³/mol. The molecule has 0 spiro atoms. The van der Waals surface area contributed by atoms with Gasteiger partial charge in [-0.2, -0.15) is 0 Å². The van der Waals surface area contributed by atoms with E-state index < -0.39 is 17.6 Å². The molecule has 5 atom stereocenters. The van der Waals surface area contributed by atoms with Crippen LogP contribution in [-0.4, -0.2) is 11.1 Å². The first-order chi connectivity index (χ1) is 12.9. The molecular formula is C21H18ClF2NO2. The summed E-state index contributed by atoms with van der Waals surface area (Å²) in [6.45, 7) is 0. The van der Waals surface area contributed by atoms with Crippen LogP contribution in [0.2, 0.25) is 5.02 Å². The predicted octanol–water partition coefficient (Wildman–Crippen LogP) is 5.61. The van der Waals surface area contributed by atoms with Crippen LogP contribution >= 0.6 is 11.6 Å². The van der Waals surface area contributed by atoms with E-state index in [2.05, 4.69) is 5.32 Å². The molecule has 5 rings (SSSR count). The van der Waals surface area contributed by atoms with Crippen molar-refractivity contribution in [3.05, 3.63) is 63.7 Å². The lowest BCUT2D eigenvalue weighted by atomic mass is 9.67. The highest BCUT2D eigenvalue weighted by Gasteiger charge is 2.54. The molecule has 140 valence electrons. The molecule has 6 heteroatoms. The highest BCUT2D eigenvalue weighted by atomic mass is 35.5. The molecule has 1 heterocycles. The van der Waals surface area contributed by atoms with Crippen molar-refractivity contribution >= 4 is 23.3 Å². The van der Waals surface area contributed by atoms with Crippen molar-refractivity contribution in [2.45, 2.75) is 31.2 Å². The number of carboxylic acid groups (broad SMARTS) is 1. The summed E-state index contributed by atoms with van der Waals surface area (Å²) in [7, 11) is 0. The van der Waals surface area contributed by atoms with Crippen molar-refractivity contribution in [2.24, 2.45) is 17.8 Å². The van der Waals surface area contributed by atoms with E-state index in [-0.39, 0.29) is 23.4 Å². The van der Waals surface area contributed by atoms with Crippen LogP contribution in [0.1, 0.15) is 52.7 Å². The van der Waals surface area contributed by atoms with Crippen molar-refractivity contribution in [1.29, 1.82) is 0 Å². The van der Waals surface area contributed by atoms with Gasteiger partial charge in [0.1, 0.15) is 0 Å². The summed E-state index contributed by atoms with van der Waals surface area (Å²) in [5.74, 6) is -1.57. The Morgan fingerprint density at radius 2 is 1.89 bits per heavy atom. The summed E-state index contributed by atoms with van der Waals surface area (Å²) in [6.07, 6.45) is 3.23. The van der Waals surface area contributed by atoms with Crippen molar-refractivity contribution in [2.75, 3.05) is 5.32 Å². The third-order valence-corrected chi connectivity index (χ3v) is 6.91. The van der Waals surface area contributed by atoms with Gasteiger partial charge >= 0.3 is 5.97 Å². The van der Waals surface area contributed by atoms with Crippen LogP contribution in [-0.2, 0) is 0 Å². The van der Waals surface area contributed by atoms with Gasteiger partial charge in [0.2, 0.25) is 0 Å². The van der Waals surface area contributed by atoms with Crippen molar-refractivity contribution in [3.8, 4) is 0 Å². The summed E-state index contributed by atoms with van der Waals surface area (Å²) in [5, 5.41) is 13.5. The van der Waals surface area contributed by atoms with E-state index in [1.165, 1.54) is 12.1 Å². The van der Waals surface area contributed by atoms with Gasteiger partial charge in [0.05, 0.1) is 11.6 Å². The molecule has 27 heavy (non-hydrogen) atoms. The fourth-order valence-electron chi connectivity index (χ4n) is 5.79. The van der Waals surface area contributed by atoms with Gasteiger partial charge in [0.15, 0.2) is 11.6 Å². The van der Waals surface area contributed by atoms with Crippen LogP contribution in [0.4, 0.5) is 14.5 Å². The molecule has 2 bridgehead atoms. The van der Waals surface area contributed by atoms with Crippen LogP contribution in [0, 0.1) is 29.4 Å². The van der Waals surface area contributed by atoms with Crippen LogP contribution in [0.15, 0.2) is 30.3 Å². The van der Waals surface area contributed by atoms with Gasteiger partial charge in [-0.15, -0.1) is 0 Å². The molecule has 2 aromatic carbocycles. The van der Waals surface area contributed by atoms with Gasteiger partial charge in [-0.3, -0.25) is 0 Å². The minimum absolute atomic E-state index is 0.0986. The number of hydrogen-bond acceptors (Lipinski definition) is 2. The Kier molecular flexibility index (Phi) is 3.73. The van der Waals surface area contributed by atoms with Crippen molar-refractivity contribution in [1.82, 2.24) is 0 Å². The molecule has 3 aliphatic rings.